The van der Waals surface area contributed by atoms with Gasteiger partial charge in [-0.2, -0.15) is 5.10 Å². The highest BCUT2D eigenvalue weighted by molar-refractivity contribution is 6.31. The normalized spacial score (nSPS) is 14.6. The summed E-state index contributed by atoms with van der Waals surface area (Å²) in [5.74, 6) is 0.167. The second-order valence-electron chi connectivity index (χ2n) is 9.44. The Balaban J connectivity index is 1.69. The number of nitrogens with one attached hydrogen (secondary N) is 1. The molecule has 0 aliphatic heterocycles. The van der Waals surface area contributed by atoms with E-state index < -0.39 is 17.4 Å². The lowest BCUT2D eigenvalue weighted by molar-refractivity contribution is -0.149. The van der Waals surface area contributed by atoms with Gasteiger partial charge in [-0.15, -0.1) is 0 Å². The molecule has 1 aliphatic rings. The van der Waals surface area contributed by atoms with Crippen molar-refractivity contribution < 1.29 is 23.8 Å². The van der Waals surface area contributed by atoms with Crippen molar-refractivity contribution in [1.29, 1.82) is 0 Å². The van der Waals surface area contributed by atoms with Crippen molar-refractivity contribution in [3.05, 3.63) is 65.4 Å². The van der Waals surface area contributed by atoms with Crippen molar-refractivity contribution in [2.24, 2.45) is 0 Å². The van der Waals surface area contributed by atoms with Gasteiger partial charge in [-0.1, -0.05) is 36.9 Å². The van der Waals surface area contributed by atoms with E-state index in [-0.39, 0.29) is 5.69 Å². The number of pyridine rings is 1. The highest BCUT2D eigenvalue weighted by Crippen LogP contribution is 2.40. The fourth-order valence-corrected chi connectivity index (χ4v) is 5.43. The van der Waals surface area contributed by atoms with Crippen LogP contribution in [0.5, 0.6) is 11.5 Å². The summed E-state index contributed by atoms with van der Waals surface area (Å²) in [7, 11) is 4.48. The molecule has 9 nitrogen and oxygen atoms in total. The average Bonchev–Trinajstić information content (AvgIpc) is 3.41. The maximum Gasteiger partial charge on any atom is 0.331 e. The Kier molecular flexibility index (Phi) is 7.43. The predicted octanol–water partition coefficient (Wildman–Crippen LogP) is 5.36. The summed E-state index contributed by atoms with van der Waals surface area (Å²) in [4.78, 5) is 30.9. The van der Waals surface area contributed by atoms with Crippen molar-refractivity contribution in [1.82, 2.24) is 20.1 Å². The van der Waals surface area contributed by atoms with Gasteiger partial charge in [0.1, 0.15) is 17.0 Å². The van der Waals surface area contributed by atoms with E-state index in [4.69, 9.17) is 30.9 Å². The standard InChI is InChI=1S/C29H29ClN4O5/c1-37-24-8-7-9-25(38-2)26(24)23-17-21(27(35)32-29(28(36)39-3)13-5-4-6-14-29)33-34(23)22-12-15-31-20-16-18(30)10-11-19(20)22/h7-12,15-17H,4-6,13-14H2,1-3H3,(H,32,35). The van der Waals surface area contributed by atoms with Gasteiger partial charge in [-0.25, -0.2) is 9.48 Å². The fourth-order valence-electron chi connectivity index (χ4n) is 5.26. The zero-order valence-electron chi connectivity index (χ0n) is 22.0. The number of halogens is 1. The topological polar surface area (TPSA) is 105 Å². The van der Waals surface area contributed by atoms with Crippen molar-refractivity contribution in [3.63, 3.8) is 0 Å². The van der Waals surface area contributed by atoms with Crippen LogP contribution in [0.15, 0.2) is 54.7 Å². The van der Waals surface area contributed by atoms with E-state index in [0.29, 0.717) is 51.8 Å². The molecule has 1 amide bonds. The van der Waals surface area contributed by atoms with Crippen molar-refractivity contribution in [2.75, 3.05) is 21.3 Å². The van der Waals surface area contributed by atoms with Crippen LogP contribution in [0.1, 0.15) is 42.6 Å². The maximum atomic E-state index is 13.7. The van der Waals surface area contributed by atoms with Gasteiger partial charge in [-0.3, -0.25) is 9.78 Å². The van der Waals surface area contributed by atoms with E-state index in [0.717, 1.165) is 24.6 Å². The van der Waals surface area contributed by atoms with Gasteiger partial charge in [0, 0.05) is 16.6 Å². The Morgan fingerprint density at radius 3 is 2.36 bits per heavy atom. The van der Waals surface area contributed by atoms with Crippen LogP contribution < -0.4 is 14.8 Å². The number of rotatable bonds is 7. The van der Waals surface area contributed by atoms with Gasteiger partial charge in [0.15, 0.2) is 5.69 Å². The first-order valence-electron chi connectivity index (χ1n) is 12.7. The highest BCUT2D eigenvalue weighted by atomic mass is 35.5. The smallest absolute Gasteiger partial charge is 0.331 e. The van der Waals surface area contributed by atoms with E-state index in [1.165, 1.54) is 7.11 Å². The number of carbonyl (C=O) groups is 2. The van der Waals surface area contributed by atoms with Crippen molar-refractivity contribution in [3.8, 4) is 28.4 Å². The van der Waals surface area contributed by atoms with E-state index in [9.17, 15) is 9.59 Å². The van der Waals surface area contributed by atoms with Gasteiger partial charge in [0.25, 0.3) is 5.91 Å². The molecule has 39 heavy (non-hydrogen) atoms. The molecular weight excluding hydrogens is 520 g/mol. The third kappa shape index (κ3) is 4.90. The van der Waals surface area contributed by atoms with Crippen LogP contribution in [0.25, 0.3) is 27.8 Å². The molecule has 202 valence electrons. The average molecular weight is 549 g/mol. The van der Waals surface area contributed by atoms with E-state index in [1.54, 1.807) is 43.3 Å². The summed E-state index contributed by atoms with van der Waals surface area (Å²) in [5, 5.41) is 9.04. The maximum absolute atomic E-state index is 13.7. The summed E-state index contributed by atoms with van der Waals surface area (Å²) in [6.45, 7) is 0. The minimum absolute atomic E-state index is 0.130. The molecule has 1 fully saturated rings. The molecule has 1 N–H and O–H groups in total. The molecule has 0 saturated heterocycles. The van der Waals surface area contributed by atoms with Crippen LogP contribution in [0, 0.1) is 0 Å². The second kappa shape index (κ2) is 10.9. The van der Waals surface area contributed by atoms with Crippen molar-refractivity contribution in [2.45, 2.75) is 37.6 Å². The predicted molar refractivity (Wildman–Crippen MR) is 148 cm³/mol. The minimum Gasteiger partial charge on any atom is -0.496 e. The van der Waals surface area contributed by atoms with Crippen LogP contribution in [0.3, 0.4) is 0 Å². The number of benzene rings is 2. The summed E-state index contributed by atoms with van der Waals surface area (Å²) < 4.78 is 18.1. The summed E-state index contributed by atoms with van der Waals surface area (Å²) >= 11 is 6.23. The highest BCUT2D eigenvalue weighted by Gasteiger charge is 2.42. The molecule has 1 saturated carbocycles. The van der Waals surface area contributed by atoms with Gasteiger partial charge >= 0.3 is 5.97 Å². The molecular formula is C29H29ClN4O5. The molecule has 0 spiro atoms. The number of hydrogen-bond donors (Lipinski definition) is 1. The minimum atomic E-state index is -1.09. The van der Waals surface area contributed by atoms with Gasteiger partial charge < -0.3 is 19.5 Å². The zero-order valence-corrected chi connectivity index (χ0v) is 22.7. The number of carbonyl (C=O) groups excluding carboxylic acids is 2. The lowest BCUT2D eigenvalue weighted by Crippen LogP contribution is -2.56. The molecule has 4 aromatic rings. The largest absolute Gasteiger partial charge is 0.496 e. The number of nitrogens with zero attached hydrogens (tertiary/aromatic N) is 3. The Bertz CT molecular complexity index is 1520. The number of amides is 1. The molecule has 2 heterocycles. The second-order valence-corrected chi connectivity index (χ2v) is 9.88. The SMILES string of the molecule is COC(=O)C1(NC(=O)c2cc(-c3c(OC)cccc3OC)n(-c3ccnc4cc(Cl)ccc34)n2)CCCCC1. The number of methoxy groups -OCH3 is 3. The fraction of sp³-hybridized carbons (Fsp3) is 0.310. The summed E-state index contributed by atoms with van der Waals surface area (Å²) in [5.41, 5.74) is 1.58. The number of hydrogen-bond acceptors (Lipinski definition) is 7. The van der Waals surface area contributed by atoms with Crippen LogP contribution in [0.4, 0.5) is 0 Å². The molecule has 1 aliphatic carbocycles. The van der Waals surface area contributed by atoms with Crippen molar-refractivity contribution >= 4 is 34.4 Å². The van der Waals surface area contributed by atoms with Gasteiger partial charge in [0.2, 0.25) is 0 Å². The lowest BCUT2D eigenvalue weighted by Gasteiger charge is -2.34. The zero-order chi connectivity index (χ0) is 27.6. The summed E-state index contributed by atoms with van der Waals surface area (Å²) in [6, 6.07) is 14.3. The number of aromatic nitrogens is 3. The third-order valence-electron chi connectivity index (χ3n) is 7.17. The van der Waals surface area contributed by atoms with E-state index in [1.807, 2.05) is 30.3 Å². The Labute approximate surface area is 231 Å². The Morgan fingerprint density at radius 1 is 0.974 bits per heavy atom. The Hall–Kier alpha value is -4.11. The van der Waals surface area contributed by atoms with Crippen LogP contribution in [0.2, 0.25) is 5.02 Å². The summed E-state index contributed by atoms with van der Waals surface area (Å²) in [6.07, 6.45) is 5.31. The molecule has 2 aromatic heterocycles. The molecule has 10 heteroatoms. The first-order valence-corrected chi connectivity index (χ1v) is 13.1. The lowest BCUT2D eigenvalue weighted by atomic mass is 9.81. The first-order chi connectivity index (χ1) is 18.9. The van der Waals surface area contributed by atoms with E-state index in [2.05, 4.69) is 10.3 Å². The monoisotopic (exact) mass is 548 g/mol. The quantitative estimate of drug-likeness (QED) is 0.310. The number of fused-ring (bicyclic) bond motifs is 1. The molecule has 0 radical (unpaired) electrons. The molecule has 0 unspecified atom stereocenters. The van der Waals surface area contributed by atoms with Crippen LogP contribution >= 0.6 is 11.6 Å². The molecule has 2 aromatic carbocycles. The van der Waals surface area contributed by atoms with Crippen LogP contribution in [-0.4, -0.2) is 53.5 Å². The number of ether oxygens (including phenoxy) is 3. The Morgan fingerprint density at radius 2 is 1.69 bits per heavy atom. The number of esters is 1. The van der Waals surface area contributed by atoms with Gasteiger partial charge in [0.05, 0.1) is 43.8 Å². The van der Waals surface area contributed by atoms with Gasteiger partial charge in [-0.05, 0) is 55.3 Å². The van der Waals surface area contributed by atoms with Crippen LogP contribution in [-0.2, 0) is 9.53 Å². The molecule has 5 rings (SSSR count). The molecule has 0 atom stereocenters. The third-order valence-corrected chi connectivity index (χ3v) is 7.41. The first kappa shape index (κ1) is 26.5. The van der Waals surface area contributed by atoms with E-state index >= 15 is 0 Å². The molecule has 0 bridgehead atoms.